The van der Waals surface area contributed by atoms with Crippen molar-refractivity contribution in [3.05, 3.63) is 34.1 Å². The minimum absolute atomic E-state index is 0.219. The summed E-state index contributed by atoms with van der Waals surface area (Å²) in [5, 5.41) is 3.37. The van der Waals surface area contributed by atoms with Crippen molar-refractivity contribution in [2.75, 3.05) is 19.8 Å². The molecule has 0 atom stereocenters. The van der Waals surface area contributed by atoms with Crippen LogP contribution in [0.2, 0.25) is 0 Å². The van der Waals surface area contributed by atoms with Crippen LogP contribution < -0.4 is 5.32 Å². The lowest BCUT2D eigenvalue weighted by atomic mass is 9.89. The molecule has 0 aromatic heterocycles. The molecule has 0 radical (unpaired) electrons. The summed E-state index contributed by atoms with van der Waals surface area (Å²) in [6, 6.07) is 5.09. The molecule has 16 heavy (non-hydrogen) atoms. The van der Waals surface area contributed by atoms with Crippen molar-refractivity contribution in [2.24, 2.45) is 5.41 Å². The Morgan fingerprint density at radius 2 is 2.25 bits per heavy atom. The highest BCUT2D eigenvalue weighted by molar-refractivity contribution is 9.10. The molecule has 0 amide bonds. The van der Waals surface area contributed by atoms with Gasteiger partial charge in [0, 0.05) is 18.5 Å². The van der Waals surface area contributed by atoms with E-state index in [9.17, 15) is 4.39 Å². The maximum atomic E-state index is 13.0. The van der Waals surface area contributed by atoms with Crippen LogP contribution in [0.5, 0.6) is 0 Å². The van der Waals surface area contributed by atoms with E-state index >= 15 is 0 Å². The van der Waals surface area contributed by atoms with Crippen molar-refractivity contribution >= 4 is 15.9 Å². The molecule has 0 saturated carbocycles. The van der Waals surface area contributed by atoms with Crippen molar-refractivity contribution in [1.82, 2.24) is 5.32 Å². The van der Waals surface area contributed by atoms with Gasteiger partial charge in [-0.2, -0.15) is 0 Å². The predicted molar refractivity (Wildman–Crippen MR) is 64.7 cm³/mol. The molecule has 1 aliphatic rings. The Labute approximate surface area is 103 Å². The van der Waals surface area contributed by atoms with Crippen molar-refractivity contribution in [3.63, 3.8) is 0 Å². The molecule has 0 aliphatic carbocycles. The Kier molecular flexibility index (Phi) is 3.62. The fourth-order valence-electron chi connectivity index (χ4n) is 1.71. The number of hydrogen-bond donors (Lipinski definition) is 1. The van der Waals surface area contributed by atoms with Crippen LogP contribution >= 0.6 is 15.9 Å². The number of halogens is 2. The summed E-state index contributed by atoms with van der Waals surface area (Å²) in [6.45, 7) is 5.54. The molecular weight excluding hydrogens is 273 g/mol. The van der Waals surface area contributed by atoms with Crippen LogP contribution in [-0.4, -0.2) is 19.8 Å². The van der Waals surface area contributed by atoms with Crippen LogP contribution in [0.4, 0.5) is 4.39 Å². The number of rotatable bonds is 4. The molecule has 88 valence electrons. The van der Waals surface area contributed by atoms with Gasteiger partial charge in [-0.25, -0.2) is 4.39 Å². The van der Waals surface area contributed by atoms with Crippen LogP contribution in [0.1, 0.15) is 12.5 Å². The highest BCUT2D eigenvalue weighted by atomic mass is 79.9. The van der Waals surface area contributed by atoms with E-state index in [4.69, 9.17) is 4.74 Å². The third-order valence-electron chi connectivity index (χ3n) is 2.77. The van der Waals surface area contributed by atoms with Crippen molar-refractivity contribution in [3.8, 4) is 0 Å². The van der Waals surface area contributed by atoms with Crippen LogP contribution in [0, 0.1) is 11.2 Å². The van der Waals surface area contributed by atoms with Gasteiger partial charge in [0.1, 0.15) is 5.82 Å². The minimum Gasteiger partial charge on any atom is -0.380 e. The Morgan fingerprint density at radius 3 is 2.81 bits per heavy atom. The molecule has 4 heteroatoms. The lowest BCUT2D eigenvalue weighted by Gasteiger charge is -2.38. The first-order valence-corrected chi connectivity index (χ1v) is 6.11. The Bertz CT molecular complexity index is 379. The van der Waals surface area contributed by atoms with Crippen LogP contribution in [0.25, 0.3) is 0 Å². The Morgan fingerprint density at radius 1 is 1.50 bits per heavy atom. The van der Waals surface area contributed by atoms with E-state index in [1.165, 1.54) is 6.07 Å². The number of ether oxygens (including phenoxy) is 1. The molecule has 0 unspecified atom stereocenters. The smallest absolute Gasteiger partial charge is 0.137 e. The van der Waals surface area contributed by atoms with E-state index in [0.717, 1.165) is 31.9 Å². The van der Waals surface area contributed by atoms with Gasteiger partial charge in [-0.3, -0.25) is 0 Å². The van der Waals surface area contributed by atoms with Gasteiger partial charge in [-0.15, -0.1) is 0 Å². The second kappa shape index (κ2) is 4.82. The average Bonchev–Trinajstić information content (AvgIpc) is 2.21. The zero-order valence-corrected chi connectivity index (χ0v) is 10.8. The van der Waals surface area contributed by atoms with E-state index in [1.54, 1.807) is 6.07 Å². The quantitative estimate of drug-likeness (QED) is 0.919. The molecular formula is C12H15BrFNO. The molecule has 2 rings (SSSR count). The van der Waals surface area contributed by atoms with E-state index in [2.05, 4.69) is 28.2 Å². The molecule has 1 fully saturated rings. The van der Waals surface area contributed by atoms with Crippen LogP contribution in [0.15, 0.2) is 22.7 Å². The van der Waals surface area contributed by atoms with Gasteiger partial charge in [0.2, 0.25) is 0 Å². The summed E-state index contributed by atoms with van der Waals surface area (Å²) in [7, 11) is 0. The SMILES string of the molecule is CC1(CNCc2ccc(F)c(Br)c2)COC1. The van der Waals surface area contributed by atoms with E-state index in [0.29, 0.717) is 4.47 Å². The van der Waals surface area contributed by atoms with Crippen LogP contribution in [-0.2, 0) is 11.3 Å². The second-order valence-electron chi connectivity index (χ2n) is 4.66. The van der Waals surface area contributed by atoms with Gasteiger partial charge in [0.25, 0.3) is 0 Å². The van der Waals surface area contributed by atoms with Gasteiger partial charge in [0.05, 0.1) is 17.7 Å². The topological polar surface area (TPSA) is 21.3 Å². The standard InChI is InChI=1S/C12H15BrFNO/c1-12(7-16-8-12)6-15-5-9-2-3-11(14)10(13)4-9/h2-4,15H,5-8H2,1H3. The maximum absolute atomic E-state index is 13.0. The summed E-state index contributed by atoms with van der Waals surface area (Å²) >= 11 is 3.18. The van der Waals surface area contributed by atoms with Gasteiger partial charge < -0.3 is 10.1 Å². The molecule has 0 spiro atoms. The molecule has 1 aliphatic heterocycles. The molecule has 1 aromatic rings. The van der Waals surface area contributed by atoms with Crippen molar-refractivity contribution in [2.45, 2.75) is 13.5 Å². The number of benzene rings is 1. The number of nitrogens with one attached hydrogen (secondary N) is 1. The van der Waals surface area contributed by atoms with E-state index in [-0.39, 0.29) is 11.2 Å². The average molecular weight is 288 g/mol. The summed E-state index contributed by atoms with van der Waals surface area (Å²) in [6.07, 6.45) is 0. The van der Waals surface area contributed by atoms with Gasteiger partial charge in [-0.05, 0) is 33.6 Å². The van der Waals surface area contributed by atoms with Crippen LogP contribution in [0.3, 0.4) is 0 Å². The van der Waals surface area contributed by atoms with E-state index in [1.807, 2.05) is 6.07 Å². The molecule has 1 aromatic carbocycles. The fourth-order valence-corrected chi connectivity index (χ4v) is 2.14. The molecule has 2 nitrogen and oxygen atoms in total. The van der Waals surface area contributed by atoms with Crippen molar-refractivity contribution < 1.29 is 9.13 Å². The van der Waals surface area contributed by atoms with Crippen molar-refractivity contribution in [1.29, 1.82) is 0 Å². The van der Waals surface area contributed by atoms with Gasteiger partial charge in [0.15, 0.2) is 0 Å². The Balaban J connectivity index is 1.83. The maximum Gasteiger partial charge on any atom is 0.137 e. The first kappa shape index (κ1) is 12.0. The Hall–Kier alpha value is -0.450. The monoisotopic (exact) mass is 287 g/mol. The fraction of sp³-hybridized carbons (Fsp3) is 0.500. The summed E-state index contributed by atoms with van der Waals surface area (Å²) < 4.78 is 18.7. The predicted octanol–water partition coefficient (Wildman–Crippen LogP) is 2.71. The summed E-state index contributed by atoms with van der Waals surface area (Å²) in [5.74, 6) is -0.219. The first-order chi connectivity index (χ1) is 7.59. The molecule has 1 saturated heterocycles. The molecule has 1 heterocycles. The lowest BCUT2D eigenvalue weighted by molar-refractivity contribution is -0.0991. The largest absolute Gasteiger partial charge is 0.380 e. The highest BCUT2D eigenvalue weighted by Gasteiger charge is 2.32. The zero-order chi connectivity index (χ0) is 11.6. The van der Waals surface area contributed by atoms with E-state index < -0.39 is 0 Å². The minimum atomic E-state index is -0.219. The highest BCUT2D eigenvalue weighted by Crippen LogP contribution is 2.25. The molecule has 0 bridgehead atoms. The normalized spacial score (nSPS) is 18.2. The third kappa shape index (κ3) is 2.81. The lowest BCUT2D eigenvalue weighted by Crippen LogP contribution is -2.47. The van der Waals surface area contributed by atoms with Gasteiger partial charge >= 0.3 is 0 Å². The first-order valence-electron chi connectivity index (χ1n) is 5.31. The summed E-state index contributed by atoms with van der Waals surface area (Å²) in [5.41, 5.74) is 1.36. The second-order valence-corrected chi connectivity index (χ2v) is 5.51. The summed E-state index contributed by atoms with van der Waals surface area (Å²) in [4.78, 5) is 0. The zero-order valence-electron chi connectivity index (χ0n) is 9.22. The number of hydrogen-bond acceptors (Lipinski definition) is 2. The third-order valence-corrected chi connectivity index (χ3v) is 3.37. The molecule has 1 N–H and O–H groups in total. The van der Waals surface area contributed by atoms with Gasteiger partial charge in [-0.1, -0.05) is 13.0 Å².